The topological polar surface area (TPSA) is 49.5 Å². The van der Waals surface area contributed by atoms with Crippen LogP contribution in [0.3, 0.4) is 0 Å². The van der Waals surface area contributed by atoms with Gasteiger partial charge in [-0.2, -0.15) is 0 Å². The summed E-state index contributed by atoms with van der Waals surface area (Å²) in [7, 11) is 0. The maximum Gasteiger partial charge on any atom is 0.0434 e. The monoisotopic (exact) mass is 282 g/mol. The van der Waals surface area contributed by atoms with Gasteiger partial charge in [-0.25, -0.2) is 0 Å². The van der Waals surface area contributed by atoms with Crippen LogP contribution in [0.1, 0.15) is 52.4 Å². The summed E-state index contributed by atoms with van der Waals surface area (Å²) >= 11 is 0. The van der Waals surface area contributed by atoms with E-state index in [4.69, 9.17) is 10.8 Å². The zero-order valence-electron chi connectivity index (χ0n) is 13.4. The number of nitrogens with zero attached hydrogens (tertiary/aromatic N) is 1. The molecule has 3 nitrogen and oxygen atoms in total. The second-order valence-corrected chi connectivity index (χ2v) is 7.52. The molecule has 2 fully saturated rings. The number of aliphatic hydroxyl groups is 1. The van der Waals surface area contributed by atoms with E-state index < -0.39 is 0 Å². The van der Waals surface area contributed by atoms with Crippen molar-refractivity contribution in [2.24, 2.45) is 29.4 Å². The minimum atomic E-state index is 0.344. The highest BCUT2D eigenvalue weighted by atomic mass is 16.3. The Kier molecular flexibility index (Phi) is 6.31. The smallest absolute Gasteiger partial charge is 0.0434 e. The molecule has 1 heterocycles. The summed E-state index contributed by atoms with van der Waals surface area (Å²) in [5.74, 6) is 3.06. The third-order valence-electron chi connectivity index (χ3n) is 5.66. The molecule has 0 bridgehead atoms. The molecular formula is C17H34N2O. The van der Waals surface area contributed by atoms with Gasteiger partial charge in [0.2, 0.25) is 0 Å². The Hall–Kier alpha value is -0.120. The number of hydrogen-bond acceptors (Lipinski definition) is 3. The Labute approximate surface area is 124 Å². The third-order valence-corrected chi connectivity index (χ3v) is 5.66. The number of nitrogens with two attached hydrogens (primary N) is 1. The van der Waals surface area contributed by atoms with Gasteiger partial charge in [0.1, 0.15) is 0 Å². The summed E-state index contributed by atoms with van der Waals surface area (Å²) in [5.41, 5.74) is 6.39. The van der Waals surface area contributed by atoms with Gasteiger partial charge in [-0.1, -0.05) is 13.8 Å². The fourth-order valence-electron chi connectivity index (χ4n) is 4.21. The molecule has 0 aromatic carbocycles. The van der Waals surface area contributed by atoms with Crippen LogP contribution in [0, 0.1) is 23.7 Å². The zero-order chi connectivity index (χ0) is 14.5. The molecule has 2 aliphatic rings. The van der Waals surface area contributed by atoms with Gasteiger partial charge in [0, 0.05) is 25.7 Å². The third kappa shape index (κ3) is 4.44. The lowest BCUT2D eigenvalue weighted by molar-refractivity contribution is 0.0963. The number of likely N-dealkylation sites (tertiary alicyclic amines) is 1. The summed E-state index contributed by atoms with van der Waals surface area (Å²) in [6.45, 7) is 8.66. The van der Waals surface area contributed by atoms with Gasteiger partial charge in [-0.15, -0.1) is 0 Å². The van der Waals surface area contributed by atoms with Crippen LogP contribution in [0.4, 0.5) is 0 Å². The van der Waals surface area contributed by atoms with E-state index in [1.165, 1.54) is 51.7 Å². The number of rotatable bonds is 5. The Morgan fingerprint density at radius 3 is 2.75 bits per heavy atom. The molecule has 1 aliphatic carbocycles. The van der Waals surface area contributed by atoms with Crippen molar-refractivity contribution in [2.75, 3.05) is 26.2 Å². The molecule has 118 valence electrons. The molecule has 0 aromatic rings. The summed E-state index contributed by atoms with van der Waals surface area (Å²) in [5, 5.41) is 9.13. The summed E-state index contributed by atoms with van der Waals surface area (Å²) in [6.07, 6.45) is 7.41. The average Bonchev–Trinajstić information content (AvgIpc) is 2.42. The first-order valence-corrected chi connectivity index (χ1v) is 8.69. The van der Waals surface area contributed by atoms with E-state index in [0.717, 1.165) is 18.3 Å². The first-order chi connectivity index (χ1) is 9.60. The predicted molar refractivity (Wildman–Crippen MR) is 84.5 cm³/mol. The Morgan fingerprint density at radius 1 is 1.25 bits per heavy atom. The molecule has 1 saturated carbocycles. The van der Waals surface area contributed by atoms with E-state index in [-0.39, 0.29) is 0 Å². The van der Waals surface area contributed by atoms with Crippen molar-refractivity contribution in [3.05, 3.63) is 0 Å². The first kappa shape index (κ1) is 16.3. The number of piperidine rings is 1. The van der Waals surface area contributed by atoms with Crippen molar-refractivity contribution in [3.8, 4) is 0 Å². The predicted octanol–water partition coefficient (Wildman–Crippen LogP) is 2.48. The van der Waals surface area contributed by atoms with Crippen LogP contribution in [-0.2, 0) is 0 Å². The number of aliphatic hydroxyl groups excluding tert-OH is 1. The summed E-state index contributed by atoms with van der Waals surface area (Å²) in [4.78, 5) is 2.62. The normalized spacial score (nSPS) is 36.5. The highest BCUT2D eigenvalue weighted by molar-refractivity contribution is 4.86. The molecule has 0 radical (unpaired) electrons. The molecule has 4 atom stereocenters. The van der Waals surface area contributed by atoms with Crippen molar-refractivity contribution in [1.29, 1.82) is 0 Å². The van der Waals surface area contributed by atoms with E-state index in [2.05, 4.69) is 18.7 Å². The van der Waals surface area contributed by atoms with E-state index in [1.54, 1.807) is 0 Å². The van der Waals surface area contributed by atoms with Crippen LogP contribution in [0.5, 0.6) is 0 Å². The first-order valence-electron chi connectivity index (χ1n) is 8.69. The molecule has 3 N–H and O–H groups in total. The van der Waals surface area contributed by atoms with Crippen LogP contribution in [0.15, 0.2) is 0 Å². The fraction of sp³-hybridized carbons (Fsp3) is 1.00. The minimum Gasteiger partial charge on any atom is -0.396 e. The highest BCUT2D eigenvalue weighted by Gasteiger charge is 2.31. The van der Waals surface area contributed by atoms with Gasteiger partial charge in [0.05, 0.1) is 0 Å². The lowest BCUT2D eigenvalue weighted by Crippen LogP contribution is -2.46. The highest BCUT2D eigenvalue weighted by Crippen LogP contribution is 2.34. The van der Waals surface area contributed by atoms with Crippen molar-refractivity contribution >= 4 is 0 Å². The van der Waals surface area contributed by atoms with E-state index in [1.807, 2.05) is 0 Å². The summed E-state index contributed by atoms with van der Waals surface area (Å²) < 4.78 is 0. The lowest BCUT2D eigenvalue weighted by Gasteiger charge is -2.41. The molecule has 0 spiro atoms. The Bertz CT molecular complexity index is 280. The lowest BCUT2D eigenvalue weighted by atomic mass is 9.73. The largest absolute Gasteiger partial charge is 0.396 e. The maximum absolute atomic E-state index is 9.13. The second kappa shape index (κ2) is 7.77. The van der Waals surface area contributed by atoms with Gasteiger partial charge in [-0.3, -0.25) is 0 Å². The van der Waals surface area contributed by atoms with Gasteiger partial charge in [-0.05, 0) is 68.7 Å². The van der Waals surface area contributed by atoms with Gasteiger partial charge in [0.15, 0.2) is 0 Å². The molecule has 2 rings (SSSR count). The van der Waals surface area contributed by atoms with Crippen molar-refractivity contribution in [2.45, 2.75) is 58.4 Å². The summed E-state index contributed by atoms with van der Waals surface area (Å²) in [6, 6.07) is 0.406. The molecular weight excluding hydrogens is 248 g/mol. The van der Waals surface area contributed by atoms with E-state index in [0.29, 0.717) is 24.5 Å². The maximum atomic E-state index is 9.13. The number of hydrogen-bond donors (Lipinski definition) is 2. The average molecular weight is 282 g/mol. The van der Waals surface area contributed by atoms with Crippen molar-refractivity contribution in [3.63, 3.8) is 0 Å². The molecule has 4 unspecified atom stereocenters. The van der Waals surface area contributed by atoms with Crippen LogP contribution in [-0.4, -0.2) is 42.3 Å². The molecule has 0 aromatic heterocycles. The van der Waals surface area contributed by atoms with E-state index in [9.17, 15) is 0 Å². The van der Waals surface area contributed by atoms with Gasteiger partial charge < -0.3 is 15.7 Å². The van der Waals surface area contributed by atoms with Crippen LogP contribution in [0.2, 0.25) is 0 Å². The molecule has 0 amide bonds. The molecule has 20 heavy (non-hydrogen) atoms. The SMILES string of the molecule is CC(C)C1CCC(N)C(CN2CCCC(CCO)C2)C1. The molecule has 1 saturated heterocycles. The van der Waals surface area contributed by atoms with Crippen LogP contribution >= 0.6 is 0 Å². The fourth-order valence-corrected chi connectivity index (χ4v) is 4.21. The minimum absolute atomic E-state index is 0.344. The van der Waals surface area contributed by atoms with E-state index >= 15 is 0 Å². The van der Waals surface area contributed by atoms with Gasteiger partial charge in [0.25, 0.3) is 0 Å². The van der Waals surface area contributed by atoms with Crippen molar-refractivity contribution in [1.82, 2.24) is 4.90 Å². The Morgan fingerprint density at radius 2 is 2.05 bits per heavy atom. The van der Waals surface area contributed by atoms with Crippen LogP contribution < -0.4 is 5.73 Å². The molecule has 1 aliphatic heterocycles. The quantitative estimate of drug-likeness (QED) is 0.814. The zero-order valence-corrected chi connectivity index (χ0v) is 13.4. The standard InChI is InChI=1S/C17H34N2O/c1-13(2)15-5-6-17(18)16(10-15)12-19-8-3-4-14(11-19)7-9-20/h13-17,20H,3-12,18H2,1-2H3. The van der Waals surface area contributed by atoms with Crippen molar-refractivity contribution < 1.29 is 5.11 Å². The van der Waals surface area contributed by atoms with Gasteiger partial charge >= 0.3 is 0 Å². The Balaban J connectivity index is 1.84. The van der Waals surface area contributed by atoms with Crippen LogP contribution in [0.25, 0.3) is 0 Å². The second-order valence-electron chi connectivity index (χ2n) is 7.52. The molecule has 3 heteroatoms.